The molecule has 0 spiro atoms. The Kier molecular flexibility index (Phi) is 9.26. The number of rotatable bonds is 11. The van der Waals surface area contributed by atoms with Crippen LogP contribution in [0.4, 0.5) is 5.69 Å². The number of carbonyl (C=O) groups excluding carboxylic acids is 1. The van der Waals surface area contributed by atoms with Crippen LogP contribution in [0, 0.1) is 0 Å². The van der Waals surface area contributed by atoms with Gasteiger partial charge in [0.15, 0.2) is 0 Å². The van der Waals surface area contributed by atoms with Gasteiger partial charge >= 0.3 is 0 Å². The zero-order chi connectivity index (χ0) is 21.2. The van der Waals surface area contributed by atoms with Crippen LogP contribution in [0.1, 0.15) is 84.0 Å². The Morgan fingerprint density at radius 3 is 2.47 bits per heavy atom. The second kappa shape index (κ2) is 12.1. The van der Waals surface area contributed by atoms with Gasteiger partial charge in [0.2, 0.25) is 5.91 Å². The molecule has 164 valence electrons. The highest BCUT2D eigenvalue weighted by Crippen LogP contribution is 2.28. The highest BCUT2D eigenvalue weighted by atomic mass is 35.5. The third kappa shape index (κ3) is 7.16. The summed E-state index contributed by atoms with van der Waals surface area (Å²) in [6, 6.07) is 8.64. The molecule has 1 aliphatic rings. The summed E-state index contributed by atoms with van der Waals surface area (Å²) in [6.45, 7) is 2.24. The molecule has 0 saturated heterocycles. The Morgan fingerprint density at radius 2 is 1.70 bits per heavy atom. The van der Waals surface area contributed by atoms with Gasteiger partial charge in [0, 0.05) is 40.8 Å². The number of hydrogen-bond donors (Lipinski definition) is 2. The van der Waals surface area contributed by atoms with Crippen molar-refractivity contribution in [3.05, 3.63) is 35.5 Å². The van der Waals surface area contributed by atoms with Crippen molar-refractivity contribution in [3.8, 4) is 0 Å². The lowest BCUT2D eigenvalue weighted by Crippen LogP contribution is -2.40. The minimum atomic E-state index is 0.233. The lowest BCUT2D eigenvalue weighted by Gasteiger charge is -2.30. The Hall–Kier alpha value is -1.81. The lowest BCUT2D eigenvalue weighted by molar-refractivity contribution is -0.122. The van der Waals surface area contributed by atoms with E-state index in [4.69, 9.17) is 11.6 Å². The number of unbranched alkanes of at least 4 members (excludes halogenated alkanes) is 6. The number of aromatic nitrogens is 1. The van der Waals surface area contributed by atoms with Crippen LogP contribution >= 0.6 is 11.6 Å². The quantitative estimate of drug-likeness (QED) is 0.383. The summed E-state index contributed by atoms with van der Waals surface area (Å²) < 4.78 is 0. The second-order valence-corrected chi connectivity index (χ2v) is 9.09. The van der Waals surface area contributed by atoms with Crippen LogP contribution in [0.2, 0.25) is 5.02 Å². The average molecular weight is 430 g/mol. The number of benzene rings is 1. The summed E-state index contributed by atoms with van der Waals surface area (Å²) in [5.74, 6) is 0.233. The van der Waals surface area contributed by atoms with E-state index < -0.39 is 0 Å². The summed E-state index contributed by atoms with van der Waals surface area (Å²) in [5, 5.41) is 8.76. The fourth-order valence-corrected chi connectivity index (χ4v) is 4.56. The number of fused-ring (bicyclic) bond motifs is 1. The first-order valence-electron chi connectivity index (χ1n) is 11.8. The number of amides is 1. The molecule has 0 radical (unpaired) electrons. The molecule has 1 amide bonds. The van der Waals surface area contributed by atoms with E-state index in [-0.39, 0.29) is 5.91 Å². The summed E-state index contributed by atoms with van der Waals surface area (Å²) in [6.07, 6.45) is 15.5. The lowest BCUT2D eigenvalue weighted by atomic mass is 9.90. The third-order valence-electron chi connectivity index (χ3n) is 6.16. The standard InChI is InChI=1S/C25H36ClN3O/c1-2-3-4-5-6-7-8-9-25(30)29-21-13-11-20(12-14-21)28-23-16-17-27-24-18-19(26)10-15-22(23)24/h10,15-18,20-21H,2-9,11-14H2,1H3,(H,27,28)(H,29,30). The van der Waals surface area contributed by atoms with Gasteiger partial charge < -0.3 is 10.6 Å². The molecule has 5 heteroatoms. The van der Waals surface area contributed by atoms with Crippen LogP contribution in [0.25, 0.3) is 10.9 Å². The van der Waals surface area contributed by atoms with Crippen molar-refractivity contribution < 1.29 is 4.79 Å². The van der Waals surface area contributed by atoms with Gasteiger partial charge in [0.25, 0.3) is 0 Å². The molecule has 1 aromatic heterocycles. The van der Waals surface area contributed by atoms with Crippen LogP contribution < -0.4 is 10.6 Å². The predicted octanol–water partition coefficient (Wildman–Crippen LogP) is 6.87. The SMILES string of the molecule is CCCCCCCCCC(=O)NC1CCC(Nc2ccnc3cc(Cl)ccc23)CC1. The first-order chi connectivity index (χ1) is 14.7. The van der Waals surface area contributed by atoms with Gasteiger partial charge in [0.05, 0.1) is 5.52 Å². The molecule has 4 nitrogen and oxygen atoms in total. The summed E-state index contributed by atoms with van der Waals surface area (Å²) >= 11 is 6.09. The maximum Gasteiger partial charge on any atom is 0.220 e. The second-order valence-electron chi connectivity index (χ2n) is 8.65. The van der Waals surface area contributed by atoms with Crippen molar-refractivity contribution in [2.45, 2.75) is 96.1 Å². The normalized spacial score (nSPS) is 19.0. The van der Waals surface area contributed by atoms with Crippen molar-refractivity contribution in [2.24, 2.45) is 0 Å². The molecule has 1 heterocycles. The molecule has 0 aliphatic heterocycles. The first-order valence-corrected chi connectivity index (χ1v) is 12.1. The molecule has 2 N–H and O–H groups in total. The largest absolute Gasteiger partial charge is 0.382 e. The van der Waals surface area contributed by atoms with Gasteiger partial charge in [-0.3, -0.25) is 9.78 Å². The third-order valence-corrected chi connectivity index (χ3v) is 6.40. The molecule has 1 saturated carbocycles. The molecule has 1 aromatic carbocycles. The van der Waals surface area contributed by atoms with Crippen molar-refractivity contribution >= 4 is 34.1 Å². The van der Waals surface area contributed by atoms with Crippen molar-refractivity contribution in [1.29, 1.82) is 0 Å². The number of pyridine rings is 1. The Balaban J connectivity index is 1.36. The molecule has 3 rings (SSSR count). The van der Waals surface area contributed by atoms with Crippen LogP contribution in [0.15, 0.2) is 30.5 Å². The van der Waals surface area contributed by atoms with Crippen molar-refractivity contribution in [3.63, 3.8) is 0 Å². The molecular formula is C25H36ClN3O. The fourth-order valence-electron chi connectivity index (χ4n) is 4.39. The molecule has 1 aliphatic carbocycles. The number of nitrogens with zero attached hydrogens (tertiary/aromatic N) is 1. The van der Waals surface area contributed by atoms with E-state index in [0.29, 0.717) is 23.5 Å². The van der Waals surface area contributed by atoms with Gasteiger partial charge in [-0.1, -0.05) is 57.0 Å². The molecule has 1 fully saturated rings. The molecule has 0 atom stereocenters. The van der Waals surface area contributed by atoms with Gasteiger partial charge in [0.1, 0.15) is 0 Å². The zero-order valence-corrected chi connectivity index (χ0v) is 19.0. The highest BCUT2D eigenvalue weighted by Gasteiger charge is 2.22. The molecule has 0 bridgehead atoms. The molecule has 30 heavy (non-hydrogen) atoms. The van der Waals surface area contributed by atoms with E-state index in [1.165, 1.54) is 38.5 Å². The topological polar surface area (TPSA) is 54.0 Å². The van der Waals surface area contributed by atoms with Crippen LogP contribution in [0.5, 0.6) is 0 Å². The monoisotopic (exact) mass is 429 g/mol. The summed E-state index contributed by atoms with van der Waals surface area (Å²) in [4.78, 5) is 16.7. The van der Waals surface area contributed by atoms with E-state index >= 15 is 0 Å². The highest BCUT2D eigenvalue weighted by molar-refractivity contribution is 6.31. The minimum absolute atomic E-state index is 0.233. The number of carbonyl (C=O) groups is 1. The van der Waals surface area contributed by atoms with E-state index in [1.54, 1.807) is 0 Å². The summed E-state index contributed by atoms with van der Waals surface area (Å²) in [7, 11) is 0. The number of nitrogens with one attached hydrogen (secondary N) is 2. The van der Waals surface area contributed by atoms with E-state index in [0.717, 1.165) is 48.7 Å². The van der Waals surface area contributed by atoms with Gasteiger partial charge in [-0.15, -0.1) is 0 Å². The van der Waals surface area contributed by atoms with Crippen LogP contribution in [-0.4, -0.2) is 23.0 Å². The molecule has 0 unspecified atom stereocenters. The van der Waals surface area contributed by atoms with E-state index in [9.17, 15) is 4.79 Å². The maximum atomic E-state index is 12.2. The molecular weight excluding hydrogens is 394 g/mol. The number of halogens is 1. The van der Waals surface area contributed by atoms with E-state index in [1.807, 2.05) is 30.5 Å². The number of hydrogen-bond acceptors (Lipinski definition) is 3. The van der Waals surface area contributed by atoms with Crippen LogP contribution in [0.3, 0.4) is 0 Å². The van der Waals surface area contributed by atoms with Crippen molar-refractivity contribution in [1.82, 2.24) is 10.3 Å². The van der Waals surface area contributed by atoms with Gasteiger partial charge in [-0.2, -0.15) is 0 Å². The summed E-state index contributed by atoms with van der Waals surface area (Å²) in [5.41, 5.74) is 2.03. The maximum absolute atomic E-state index is 12.2. The predicted molar refractivity (Wildman–Crippen MR) is 127 cm³/mol. The Labute approximate surface area is 186 Å². The average Bonchev–Trinajstić information content (AvgIpc) is 2.74. The Bertz CT molecular complexity index is 802. The van der Waals surface area contributed by atoms with Crippen molar-refractivity contribution in [2.75, 3.05) is 5.32 Å². The Morgan fingerprint density at radius 1 is 1.00 bits per heavy atom. The van der Waals surface area contributed by atoms with Gasteiger partial charge in [-0.25, -0.2) is 0 Å². The smallest absolute Gasteiger partial charge is 0.220 e. The fraction of sp³-hybridized carbons (Fsp3) is 0.600. The van der Waals surface area contributed by atoms with E-state index in [2.05, 4.69) is 22.5 Å². The zero-order valence-electron chi connectivity index (χ0n) is 18.3. The molecule has 2 aromatic rings. The van der Waals surface area contributed by atoms with Crippen LogP contribution in [-0.2, 0) is 4.79 Å². The minimum Gasteiger partial charge on any atom is -0.382 e. The first kappa shape index (κ1) is 22.9. The number of anilines is 1. The van der Waals surface area contributed by atoms with Gasteiger partial charge in [-0.05, 0) is 56.4 Å².